The van der Waals surface area contributed by atoms with Crippen LogP contribution in [0.1, 0.15) is 37.3 Å². The first-order chi connectivity index (χ1) is 10.8. The van der Waals surface area contributed by atoms with E-state index in [1.54, 1.807) is 7.05 Å². The largest absolute Gasteiger partial charge is 0.493 e. The summed E-state index contributed by atoms with van der Waals surface area (Å²) in [7, 11) is 1.78. The van der Waals surface area contributed by atoms with Gasteiger partial charge in [0.15, 0.2) is 5.96 Å². The first-order valence-electron chi connectivity index (χ1n) is 8.15. The Morgan fingerprint density at radius 2 is 2.18 bits per heavy atom. The number of nitrogens with one attached hydrogen (secondary N) is 2. The van der Waals surface area contributed by atoms with Gasteiger partial charge >= 0.3 is 0 Å². The van der Waals surface area contributed by atoms with E-state index in [9.17, 15) is 5.11 Å². The first-order valence-corrected chi connectivity index (χ1v) is 8.15. The van der Waals surface area contributed by atoms with E-state index < -0.39 is 0 Å². The number of fused-ring (bicyclic) bond motifs is 1. The van der Waals surface area contributed by atoms with Gasteiger partial charge in [0.25, 0.3) is 0 Å². The van der Waals surface area contributed by atoms with E-state index in [0.29, 0.717) is 12.5 Å². The minimum atomic E-state index is -0.172. The van der Waals surface area contributed by atoms with Gasteiger partial charge in [0.05, 0.1) is 18.8 Å². The molecule has 5 heteroatoms. The van der Waals surface area contributed by atoms with Gasteiger partial charge in [-0.1, -0.05) is 24.6 Å². The molecular formula is C17H25N3O2. The molecule has 1 fully saturated rings. The Balaban J connectivity index is 1.59. The van der Waals surface area contributed by atoms with Gasteiger partial charge in [-0.3, -0.25) is 4.99 Å². The number of rotatable bonds is 3. The molecule has 5 nitrogen and oxygen atoms in total. The number of aliphatic hydroxyl groups excluding tert-OH is 1. The van der Waals surface area contributed by atoms with Gasteiger partial charge in [-0.15, -0.1) is 0 Å². The molecule has 3 N–H and O–H groups in total. The average Bonchev–Trinajstić information content (AvgIpc) is 2.96. The van der Waals surface area contributed by atoms with Gasteiger partial charge in [0.1, 0.15) is 5.75 Å². The molecule has 0 bridgehead atoms. The third-order valence-corrected chi connectivity index (χ3v) is 4.64. The van der Waals surface area contributed by atoms with E-state index in [4.69, 9.17) is 4.74 Å². The molecule has 0 aromatic heterocycles. The van der Waals surface area contributed by atoms with Crippen molar-refractivity contribution in [1.29, 1.82) is 0 Å². The van der Waals surface area contributed by atoms with E-state index in [2.05, 4.69) is 21.7 Å². The number of aliphatic imine (C=N–C) groups is 1. The van der Waals surface area contributed by atoms with Crippen molar-refractivity contribution in [2.24, 2.45) is 10.9 Å². The Bertz CT molecular complexity index is 532. The lowest BCUT2D eigenvalue weighted by molar-refractivity contribution is 0.134. The predicted molar refractivity (Wildman–Crippen MR) is 87.1 cm³/mol. The molecule has 2 aliphatic rings. The van der Waals surface area contributed by atoms with Crippen molar-refractivity contribution in [3.8, 4) is 5.75 Å². The fourth-order valence-corrected chi connectivity index (χ4v) is 3.33. The zero-order valence-corrected chi connectivity index (χ0v) is 13.1. The van der Waals surface area contributed by atoms with Crippen LogP contribution in [0.3, 0.4) is 0 Å². The molecule has 1 saturated carbocycles. The van der Waals surface area contributed by atoms with Crippen LogP contribution in [0.2, 0.25) is 0 Å². The Hall–Kier alpha value is -1.75. The second-order valence-corrected chi connectivity index (χ2v) is 6.08. The number of guanidine groups is 1. The Morgan fingerprint density at radius 3 is 2.95 bits per heavy atom. The molecular weight excluding hydrogens is 278 g/mol. The van der Waals surface area contributed by atoms with Crippen molar-refractivity contribution in [3.05, 3.63) is 29.8 Å². The maximum atomic E-state index is 9.91. The Morgan fingerprint density at radius 1 is 1.32 bits per heavy atom. The van der Waals surface area contributed by atoms with Crippen LogP contribution in [-0.4, -0.2) is 37.4 Å². The zero-order valence-electron chi connectivity index (χ0n) is 13.1. The molecule has 22 heavy (non-hydrogen) atoms. The van der Waals surface area contributed by atoms with Crippen LogP contribution in [0.4, 0.5) is 0 Å². The molecule has 3 unspecified atom stereocenters. The summed E-state index contributed by atoms with van der Waals surface area (Å²) < 4.78 is 5.69. The number of para-hydroxylation sites is 1. The fourth-order valence-electron chi connectivity index (χ4n) is 3.33. The van der Waals surface area contributed by atoms with E-state index >= 15 is 0 Å². The third-order valence-electron chi connectivity index (χ3n) is 4.64. The molecule has 1 aromatic carbocycles. The molecule has 0 amide bonds. The fraction of sp³-hybridized carbons (Fsp3) is 0.588. The van der Waals surface area contributed by atoms with E-state index in [-0.39, 0.29) is 12.1 Å². The molecule has 1 heterocycles. The SMILES string of the molecule is CN=C(NCC1CCCC1O)NC1CCOc2ccccc21. The summed E-state index contributed by atoms with van der Waals surface area (Å²) in [5.41, 5.74) is 1.18. The van der Waals surface area contributed by atoms with Crippen molar-refractivity contribution in [2.75, 3.05) is 20.2 Å². The molecule has 0 radical (unpaired) electrons. The number of ether oxygens (including phenoxy) is 1. The normalized spacial score (nSPS) is 27.9. The van der Waals surface area contributed by atoms with Crippen LogP contribution >= 0.6 is 0 Å². The minimum absolute atomic E-state index is 0.172. The molecule has 1 aromatic rings. The smallest absolute Gasteiger partial charge is 0.191 e. The van der Waals surface area contributed by atoms with Gasteiger partial charge < -0.3 is 20.5 Å². The molecule has 3 atom stereocenters. The van der Waals surface area contributed by atoms with Crippen LogP contribution < -0.4 is 15.4 Å². The summed E-state index contributed by atoms with van der Waals surface area (Å²) >= 11 is 0. The average molecular weight is 303 g/mol. The second-order valence-electron chi connectivity index (χ2n) is 6.08. The lowest BCUT2D eigenvalue weighted by atomic mass is 10.0. The summed E-state index contributed by atoms with van der Waals surface area (Å²) in [6, 6.07) is 8.35. The molecule has 0 spiro atoms. The summed E-state index contributed by atoms with van der Waals surface area (Å²) in [5, 5.41) is 16.7. The number of benzene rings is 1. The molecule has 3 rings (SSSR count). The molecule has 0 saturated heterocycles. The van der Waals surface area contributed by atoms with E-state index in [0.717, 1.165) is 43.9 Å². The van der Waals surface area contributed by atoms with Crippen molar-refractivity contribution in [2.45, 2.75) is 37.8 Å². The van der Waals surface area contributed by atoms with Crippen molar-refractivity contribution in [1.82, 2.24) is 10.6 Å². The highest BCUT2D eigenvalue weighted by Gasteiger charge is 2.26. The van der Waals surface area contributed by atoms with Gasteiger partial charge in [0.2, 0.25) is 0 Å². The lowest BCUT2D eigenvalue weighted by Gasteiger charge is -2.28. The highest BCUT2D eigenvalue weighted by molar-refractivity contribution is 5.80. The lowest BCUT2D eigenvalue weighted by Crippen LogP contribution is -2.43. The molecule has 120 valence electrons. The standard InChI is InChI=1S/C17H25N3O2/c1-18-17(19-11-12-5-4-7-15(12)21)20-14-9-10-22-16-8-3-2-6-13(14)16/h2-3,6,8,12,14-15,21H,4-5,7,9-11H2,1H3,(H2,18,19,20). The topological polar surface area (TPSA) is 65.9 Å². The van der Waals surface area contributed by atoms with Crippen molar-refractivity contribution in [3.63, 3.8) is 0 Å². The summed E-state index contributed by atoms with van der Waals surface area (Å²) in [5.74, 6) is 2.08. The molecule has 1 aliphatic heterocycles. The van der Waals surface area contributed by atoms with Crippen LogP contribution in [0.5, 0.6) is 5.75 Å². The molecule has 1 aliphatic carbocycles. The number of hydrogen-bond acceptors (Lipinski definition) is 3. The van der Waals surface area contributed by atoms with Crippen LogP contribution in [0, 0.1) is 5.92 Å². The number of nitrogens with zero attached hydrogens (tertiary/aromatic N) is 1. The Labute approximate surface area is 131 Å². The third kappa shape index (κ3) is 3.35. The first kappa shape index (κ1) is 15.2. The monoisotopic (exact) mass is 303 g/mol. The minimum Gasteiger partial charge on any atom is -0.493 e. The van der Waals surface area contributed by atoms with E-state index in [1.807, 2.05) is 18.2 Å². The van der Waals surface area contributed by atoms with Crippen LogP contribution in [0.15, 0.2) is 29.3 Å². The van der Waals surface area contributed by atoms with Gasteiger partial charge in [-0.25, -0.2) is 0 Å². The van der Waals surface area contributed by atoms with Crippen molar-refractivity contribution < 1.29 is 9.84 Å². The summed E-state index contributed by atoms with van der Waals surface area (Å²) in [4.78, 5) is 4.31. The van der Waals surface area contributed by atoms with Gasteiger partial charge in [0, 0.05) is 31.5 Å². The highest BCUT2D eigenvalue weighted by Crippen LogP contribution is 2.31. The second kappa shape index (κ2) is 7.01. The highest BCUT2D eigenvalue weighted by atomic mass is 16.5. The number of hydrogen-bond donors (Lipinski definition) is 3. The van der Waals surface area contributed by atoms with Crippen LogP contribution in [-0.2, 0) is 0 Å². The predicted octanol–water partition coefficient (Wildman–Crippen LogP) is 1.84. The maximum Gasteiger partial charge on any atom is 0.191 e. The van der Waals surface area contributed by atoms with Gasteiger partial charge in [-0.2, -0.15) is 0 Å². The number of aliphatic hydroxyl groups is 1. The maximum absolute atomic E-state index is 9.91. The van der Waals surface area contributed by atoms with E-state index in [1.165, 1.54) is 5.56 Å². The quantitative estimate of drug-likeness (QED) is 0.589. The van der Waals surface area contributed by atoms with Gasteiger partial charge in [-0.05, 0) is 18.9 Å². The summed E-state index contributed by atoms with van der Waals surface area (Å²) in [6.45, 7) is 1.48. The Kier molecular flexibility index (Phi) is 4.83. The zero-order chi connectivity index (χ0) is 15.4. The van der Waals surface area contributed by atoms with Crippen LogP contribution in [0.25, 0.3) is 0 Å². The van der Waals surface area contributed by atoms with Crippen molar-refractivity contribution >= 4 is 5.96 Å². The summed E-state index contributed by atoms with van der Waals surface area (Å²) in [6.07, 6.45) is 3.88.